The molecular weight excluding hydrogens is 294 g/mol. The lowest BCUT2D eigenvalue weighted by Gasteiger charge is -2.31. The zero-order valence-electron chi connectivity index (χ0n) is 11.8. The Morgan fingerprint density at radius 1 is 1.33 bits per heavy atom. The fourth-order valence-corrected chi connectivity index (χ4v) is 2.30. The van der Waals surface area contributed by atoms with E-state index in [9.17, 15) is 9.59 Å². The Kier molecular flexibility index (Phi) is 5.46. The molecule has 1 aliphatic heterocycles. The van der Waals surface area contributed by atoms with Crippen LogP contribution in [0.25, 0.3) is 0 Å². The molecule has 0 unspecified atom stereocenters. The number of carbonyl (C=O) groups excluding carboxylic acids is 2. The number of aromatic nitrogens is 2. The summed E-state index contributed by atoms with van der Waals surface area (Å²) in [7, 11) is 1.63. The van der Waals surface area contributed by atoms with Crippen molar-refractivity contribution >= 4 is 23.4 Å². The van der Waals surface area contributed by atoms with Crippen molar-refractivity contribution in [1.29, 1.82) is 0 Å². The fraction of sp³-hybridized carbons (Fsp3) is 0.538. The topological polar surface area (TPSA) is 87.2 Å². The molecule has 0 bridgehead atoms. The van der Waals surface area contributed by atoms with Gasteiger partial charge in [0.1, 0.15) is 10.8 Å². The number of rotatable bonds is 4. The maximum atomic E-state index is 12.0. The van der Waals surface area contributed by atoms with E-state index in [0.717, 1.165) is 25.9 Å². The Bertz CT molecular complexity index is 500. The highest BCUT2D eigenvalue weighted by atomic mass is 35.5. The van der Waals surface area contributed by atoms with Gasteiger partial charge in [0.15, 0.2) is 0 Å². The van der Waals surface area contributed by atoms with Gasteiger partial charge in [-0.05, 0) is 12.8 Å². The van der Waals surface area contributed by atoms with Crippen molar-refractivity contribution in [3.8, 4) is 0 Å². The van der Waals surface area contributed by atoms with Crippen LogP contribution in [0.3, 0.4) is 0 Å². The monoisotopic (exact) mass is 311 g/mol. The van der Waals surface area contributed by atoms with Gasteiger partial charge in [-0.25, -0.2) is 9.97 Å². The molecule has 0 spiro atoms. The number of nitrogens with zero attached hydrogens (tertiary/aromatic N) is 3. The molecule has 2 amide bonds. The highest BCUT2D eigenvalue weighted by Gasteiger charge is 2.22. The SMILES string of the molecule is CNC(=O)CN1CCC(NC(=O)c2cnc(Cl)cn2)CC1. The number of nitrogens with one attached hydrogen (secondary N) is 2. The van der Waals surface area contributed by atoms with Gasteiger partial charge in [0.05, 0.1) is 18.9 Å². The van der Waals surface area contributed by atoms with Gasteiger partial charge in [-0.2, -0.15) is 0 Å². The Balaban J connectivity index is 1.79. The predicted octanol–water partition coefficient (Wildman–Crippen LogP) is 0.0702. The normalized spacial score (nSPS) is 16.5. The number of likely N-dealkylation sites (N-methyl/N-ethyl adjacent to an activating group) is 1. The van der Waals surface area contributed by atoms with E-state index >= 15 is 0 Å². The first kappa shape index (κ1) is 15.7. The van der Waals surface area contributed by atoms with Crippen LogP contribution in [0, 0.1) is 0 Å². The Labute approximate surface area is 128 Å². The number of halogens is 1. The van der Waals surface area contributed by atoms with Crippen molar-refractivity contribution in [2.45, 2.75) is 18.9 Å². The Morgan fingerprint density at radius 2 is 2.05 bits per heavy atom. The van der Waals surface area contributed by atoms with Crippen LogP contribution in [0.4, 0.5) is 0 Å². The van der Waals surface area contributed by atoms with Crippen LogP contribution < -0.4 is 10.6 Å². The summed E-state index contributed by atoms with van der Waals surface area (Å²) in [4.78, 5) is 33.1. The molecule has 2 N–H and O–H groups in total. The van der Waals surface area contributed by atoms with Crippen LogP contribution in [0.2, 0.25) is 5.15 Å². The highest BCUT2D eigenvalue weighted by Crippen LogP contribution is 2.11. The number of hydrogen-bond donors (Lipinski definition) is 2. The van der Waals surface area contributed by atoms with Gasteiger partial charge in [0, 0.05) is 26.2 Å². The van der Waals surface area contributed by atoms with Crippen LogP contribution >= 0.6 is 11.6 Å². The Hall–Kier alpha value is -1.73. The fourth-order valence-electron chi connectivity index (χ4n) is 2.21. The lowest BCUT2D eigenvalue weighted by Crippen LogP contribution is -2.47. The first-order valence-corrected chi connectivity index (χ1v) is 7.17. The quantitative estimate of drug-likeness (QED) is 0.821. The predicted molar refractivity (Wildman–Crippen MR) is 78.0 cm³/mol. The molecule has 2 heterocycles. The molecule has 21 heavy (non-hydrogen) atoms. The molecule has 0 aliphatic carbocycles. The average Bonchev–Trinajstić information content (AvgIpc) is 2.49. The standard InChI is InChI=1S/C13H18ClN5O2/c1-15-12(20)8-19-4-2-9(3-5-19)18-13(21)10-6-17-11(14)7-16-10/h6-7,9H,2-5,8H2,1H3,(H,15,20)(H,18,21). The van der Waals surface area contributed by atoms with Gasteiger partial charge in [0.25, 0.3) is 5.91 Å². The number of amides is 2. The van der Waals surface area contributed by atoms with E-state index in [1.807, 2.05) is 0 Å². The van der Waals surface area contributed by atoms with E-state index in [-0.39, 0.29) is 28.7 Å². The maximum absolute atomic E-state index is 12.0. The third-order valence-corrected chi connectivity index (χ3v) is 3.62. The van der Waals surface area contributed by atoms with E-state index in [4.69, 9.17) is 11.6 Å². The van der Waals surface area contributed by atoms with Gasteiger partial charge in [-0.3, -0.25) is 14.5 Å². The van der Waals surface area contributed by atoms with E-state index in [2.05, 4.69) is 25.5 Å². The number of piperidine rings is 1. The summed E-state index contributed by atoms with van der Waals surface area (Å²) in [6.07, 6.45) is 4.33. The largest absolute Gasteiger partial charge is 0.358 e. The molecule has 1 saturated heterocycles. The molecular formula is C13H18ClN5O2. The minimum atomic E-state index is -0.246. The molecule has 0 aromatic carbocycles. The van der Waals surface area contributed by atoms with Crippen LogP contribution in [0.15, 0.2) is 12.4 Å². The van der Waals surface area contributed by atoms with Crippen LogP contribution in [0.5, 0.6) is 0 Å². The molecule has 0 saturated carbocycles. The molecule has 1 aliphatic rings. The number of likely N-dealkylation sites (tertiary alicyclic amines) is 1. The summed E-state index contributed by atoms with van der Waals surface area (Å²) in [5, 5.41) is 5.79. The van der Waals surface area contributed by atoms with E-state index in [1.165, 1.54) is 12.4 Å². The van der Waals surface area contributed by atoms with E-state index < -0.39 is 0 Å². The minimum Gasteiger partial charge on any atom is -0.358 e. The molecule has 114 valence electrons. The molecule has 0 radical (unpaired) electrons. The van der Waals surface area contributed by atoms with Crippen molar-refractivity contribution in [3.05, 3.63) is 23.2 Å². The Morgan fingerprint density at radius 3 is 2.62 bits per heavy atom. The van der Waals surface area contributed by atoms with Crippen molar-refractivity contribution in [3.63, 3.8) is 0 Å². The summed E-state index contributed by atoms with van der Waals surface area (Å²) in [5.41, 5.74) is 0.257. The van der Waals surface area contributed by atoms with Gasteiger partial charge in [0.2, 0.25) is 5.91 Å². The second kappa shape index (κ2) is 7.33. The summed E-state index contributed by atoms with van der Waals surface area (Å²) < 4.78 is 0. The van der Waals surface area contributed by atoms with Crippen molar-refractivity contribution in [2.24, 2.45) is 0 Å². The molecule has 8 heteroatoms. The third kappa shape index (κ3) is 4.64. The van der Waals surface area contributed by atoms with Crippen LogP contribution in [0.1, 0.15) is 23.3 Å². The molecule has 1 fully saturated rings. The summed E-state index contributed by atoms with van der Waals surface area (Å²) in [5.74, 6) is -0.238. The van der Waals surface area contributed by atoms with E-state index in [0.29, 0.717) is 6.54 Å². The maximum Gasteiger partial charge on any atom is 0.271 e. The van der Waals surface area contributed by atoms with Crippen molar-refractivity contribution in [1.82, 2.24) is 25.5 Å². The summed E-state index contributed by atoms with van der Waals surface area (Å²) >= 11 is 5.63. The smallest absolute Gasteiger partial charge is 0.271 e. The van der Waals surface area contributed by atoms with Crippen LogP contribution in [-0.2, 0) is 4.79 Å². The summed E-state index contributed by atoms with van der Waals surface area (Å²) in [6.45, 7) is 1.97. The number of carbonyl (C=O) groups is 2. The zero-order chi connectivity index (χ0) is 15.2. The van der Waals surface area contributed by atoms with Crippen LogP contribution in [-0.4, -0.2) is 59.4 Å². The van der Waals surface area contributed by atoms with Gasteiger partial charge in [-0.1, -0.05) is 11.6 Å². The lowest BCUT2D eigenvalue weighted by molar-refractivity contribution is -0.122. The molecule has 7 nitrogen and oxygen atoms in total. The second-order valence-electron chi connectivity index (χ2n) is 4.92. The van der Waals surface area contributed by atoms with Gasteiger partial charge >= 0.3 is 0 Å². The minimum absolute atomic E-state index is 0.00826. The first-order chi connectivity index (χ1) is 10.1. The second-order valence-corrected chi connectivity index (χ2v) is 5.31. The summed E-state index contributed by atoms with van der Waals surface area (Å²) in [6, 6.07) is 0.0934. The molecule has 2 rings (SSSR count). The van der Waals surface area contributed by atoms with Crippen molar-refractivity contribution in [2.75, 3.05) is 26.7 Å². The molecule has 1 aromatic rings. The lowest BCUT2D eigenvalue weighted by atomic mass is 10.0. The van der Waals surface area contributed by atoms with Crippen molar-refractivity contribution < 1.29 is 9.59 Å². The third-order valence-electron chi connectivity index (χ3n) is 3.42. The van der Waals surface area contributed by atoms with Gasteiger partial charge < -0.3 is 10.6 Å². The number of hydrogen-bond acceptors (Lipinski definition) is 5. The zero-order valence-corrected chi connectivity index (χ0v) is 12.6. The van der Waals surface area contributed by atoms with Gasteiger partial charge in [-0.15, -0.1) is 0 Å². The average molecular weight is 312 g/mol. The highest BCUT2D eigenvalue weighted by molar-refractivity contribution is 6.29. The van der Waals surface area contributed by atoms with E-state index in [1.54, 1.807) is 7.05 Å². The first-order valence-electron chi connectivity index (χ1n) is 6.80. The molecule has 1 aromatic heterocycles. The molecule has 0 atom stereocenters.